The lowest BCUT2D eigenvalue weighted by Gasteiger charge is -2.11. The molecule has 0 aliphatic rings. The van der Waals surface area contributed by atoms with Crippen molar-refractivity contribution in [2.45, 2.75) is 6.92 Å². The van der Waals surface area contributed by atoms with Crippen LogP contribution in [0.2, 0.25) is 0 Å². The van der Waals surface area contributed by atoms with Crippen molar-refractivity contribution in [2.75, 3.05) is 19.5 Å². The molecule has 3 aromatic rings. The van der Waals surface area contributed by atoms with Crippen LogP contribution in [-0.2, 0) is 0 Å². The Morgan fingerprint density at radius 2 is 1.84 bits per heavy atom. The molecule has 0 spiro atoms. The fraction of sp³-hybridized carbons (Fsp3) is 0.158. The quantitative estimate of drug-likeness (QED) is 0.763. The van der Waals surface area contributed by atoms with Crippen LogP contribution in [0.25, 0.3) is 11.3 Å². The van der Waals surface area contributed by atoms with Gasteiger partial charge in [0, 0.05) is 11.6 Å². The second-order valence-corrected chi connectivity index (χ2v) is 5.45. The number of nitrogens with zero attached hydrogens (tertiary/aromatic N) is 1. The first-order valence-corrected chi connectivity index (χ1v) is 7.67. The van der Waals surface area contributed by atoms with E-state index < -0.39 is 0 Å². The molecule has 0 aliphatic heterocycles. The second-order valence-electron chi connectivity index (χ2n) is 5.45. The van der Waals surface area contributed by atoms with Gasteiger partial charge in [0.2, 0.25) is 0 Å². The van der Waals surface area contributed by atoms with Crippen LogP contribution in [0.15, 0.2) is 53.2 Å². The average molecular weight is 338 g/mol. The second kappa shape index (κ2) is 7.09. The lowest BCUT2D eigenvalue weighted by atomic mass is 10.1. The van der Waals surface area contributed by atoms with Gasteiger partial charge in [0.25, 0.3) is 5.91 Å². The van der Waals surface area contributed by atoms with E-state index in [1.807, 2.05) is 31.2 Å². The molecular formula is C19H18N2O4. The Labute approximate surface area is 145 Å². The molecule has 0 saturated carbocycles. The molecule has 6 heteroatoms. The number of benzene rings is 2. The molecular weight excluding hydrogens is 320 g/mol. The summed E-state index contributed by atoms with van der Waals surface area (Å²) in [4.78, 5) is 12.7. The Balaban J connectivity index is 1.88. The predicted octanol–water partition coefficient (Wildman–Crippen LogP) is 3.92. The summed E-state index contributed by atoms with van der Waals surface area (Å²) in [6.45, 7) is 1.99. The summed E-state index contributed by atoms with van der Waals surface area (Å²) in [5.41, 5.74) is 2.79. The van der Waals surface area contributed by atoms with Gasteiger partial charge in [0.05, 0.1) is 26.1 Å². The SMILES string of the molecule is COc1ccc(NC(=O)c2cnoc2-c2ccc(C)cc2)c(OC)c1. The number of hydrogen-bond acceptors (Lipinski definition) is 5. The number of carbonyl (C=O) groups is 1. The van der Waals surface area contributed by atoms with Gasteiger partial charge in [-0.15, -0.1) is 0 Å². The molecule has 0 atom stereocenters. The number of amides is 1. The number of methoxy groups -OCH3 is 2. The number of anilines is 1. The van der Waals surface area contributed by atoms with Crippen LogP contribution in [0.1, 0.15) is 15.9 Å². The van der Waals surface area contributed by atoms with Gasteiger partial charge in [0.15, 0.2) is 5.76 Å². The van der Waals surface area contributed by atoms with Gasteiger partial charge in [-0.1, -0.05) is 35.0 Å². The molecule has 0 fully saturated rings. The lowest BCUT2D eigenvalue weighted by Crippen LogP contribution is -2.13. The molecule has 0 unspecified atom stereocenters. The zero-order chi connectivity index (χ0) is 17.8. The third-order valence-corrected chi connectivity index (χ3v) is 3.79. The minimum Gasteiger partial charge on any atom is -0.497 e. The first kappa shape index (κ1) is 16.6. The minimum absolute atomic E-state index is 0.333. The molecule has 1 amide bonds. The van der Waals surface area contributed by atoms with Crippen molar-refractivity contribution in [1.82, 2.24) is 5.16 Å². The molecule has 0 saturated heterocycles. The highest BCUT2D eigenvalue weighted by atomic mass is 16.5. The number of nitrogens with one attached hydrogen (secondary N) is 1. The molecule has 1 heterocycles. The fourth-order valence-corrected chi connectivity index (χ4v) is 2.41. The predicted molar refractivity (Wildman–Crippen MR) is 94.2 cm³/mol. The highest BCUT2D eigenvalue weighted by Crippen LogP contribution is 2.30. The molecule has 0 bridgehead atoms. The number of aromatic nitrogens is 1. The maximum Gasteiger partial charge on any atom is 0.261 e. The van der Waals surface area contributed by atoms with Crippen molar-refractivity contribution in [2.24, 2.45) is 0 Å². The molecule has 2 aromatic carbocycles. The highest BCUT2D eigenvalue weighted by molar-refractivity contribution is 6.08. The van der Waals surface area contributed by atoms with Crippen molar-refractivity contribution in [3.05, 3.63) is 59.8 Å². The van der Waals surface area contributed by atoms with Crippen LogP contribution >= 0.6 is 0 Å². The molecule has 1 aromatic heterocycles. The van der Waals surface area contributed by atoms with Crippen LogP contribution in [-0.4, -0.2) is 25.3 Å². The lowest BCUT2D eigenvalue weighted by molar-refractivity contribution is 0.102. The average Bonchev–Trinajstić information content (AvgIpc) is 3.12. The van der Waals surface area contributed by atoms with Crippen molar-refractivity contribution >= 4 is 11.6 Å². The van der Waals surface area contributed by atoms with Crippen molar-refractivity contribution < 1.29 is 18.8 Å². The smallest absolute Gasteiger partial charge is 0.261 e. The van der Waals surface area contributed by atoms with E-state index in [-0.39, 0.29) is 5.91 Å². The van der Waals surface area contributed by atoms with Crippen LogP contribution < -0.4 is 14.8 Å². The molecule has 128 valence electrons. The summed E-state index contributed by atoms with van der Waals surface area (Å²) in [5, 5.41) is 6.58. The fourth-order valence-electron chi connectivity index (χ4n) is 2.41. The number of ether oxygens (including phenoxy) is 2. The van der Waals surface area contributed by atoms with Gasteiger partial charge in [-0.2, -0.15) is 0 Å². The van der Waals surface area contributed by atoms with Gasteiger partial charge >= 0.3 is 0 Å². The molecule has 6 nitrogen and oxygen atoms in total. The molecule has 3 rings (SSSR count). The maximum atomic E-state index is 12.7. The van der Waals surface area contributed by atoms with E-state index in [0.717, 1.165) is 11.1 Å². The van der Waals surface area contributed by atoms with Crippen LogP contribution in [0.5, 0.6) is 11.5 Å². The summed E-state index contributed by atoms with van der Waals surface area (Å²) in [6, 6.07) is 12.8. The van der Waals surface area contributed by atoms with Crippen LogP contribution in [0.4, 0.5) is 5.69 Å². The van der Waals surface area contributed by atoms with Gasteiger partial charge < -0.3 is 19.3 Å². The van der Waals surface area contributed by atoms with E-state index in [1.54, 1.807) is 25.3 Å². The van der Waals surface area contributed by atoms with Crippen molar-refractivity contribution in [3.63, 3.8) is 0 Å². The Kier molecular flexibility index (Phi) is 4.70. The normalized spacial score (nSPS) is 10.4. The van der Waals surface area contributed by atoms with E-state index >= 15 is 0 Å². The number of aryl methyl sites for hydroxylation is 1. The summed E-state index contributed by atoms with van der Waals surface area (Å²) in [6.07, 6.45) is 1.40. The summed E-state index contributed by atoms with van der Waals surface area (Å²) >= 11 is 0. The van der Waals surface area contributed by atoms with E-state index in [0.29, 0.717) is 28.5 Å². The monoisotopic (exact) mass is 338 g/mol. The summed E-state index contributed by atoms with van der Waals surface area (Å²) in [7, 11) is 3.10. The van der Waals surface area contributed by atoms with Gasteiger partial charge in [0.1, 0.15) is 17.1 Å². The first-order chi connectivity index (χ1) is 12.1. The Morgan fingerprint density at radius 3 is 2.52 bits per heavy atom. The van der Waals surface area contributed by atoms with Gasteiger partial charge in [-0.25, -0.2) is 0 Å². The topological polar surface area (TPSA) is 73.6 Å². The standard InChI is InChI=1S/C19H18N2O4/c1-12-4-6-13(7-5-12)18-15(11-20-25-18)19(22)21-16-9-8-14(23-2)10-17(16)24-3/h4-11H,1-3H3,(H,21,22). The number of rotatable bonds is 5. The van der Waals surface area contributed by atoms with E-state index in [9.17, 15) is 4.79 Å². The van der Waals surface area contributed by atoms with Crippen LogP contribution in [0, 0.1) is 6.92 Å². The summed E-state index contributed by atoms with van der Waals surface area (Å²) < 4.78 is 15.7. The Bertz CT molecular complexity index is 885. The maximum absolute atomic E-state index is 12.7. The zero-order valence-electron chi connectivity index (χ0n) is 14.2. The number of carbonyl (C=O) groups excluding carboxylic acids is 1. The third-order valence-electron chi connectivity index (χ3n) is 3.79. The molecule has 25 heavy (non-hydrogen) atoms. The highest BCUT2D eigenvalue weighted by Gasteiger charge is 2.19. The number of hydrogen-bond donors (Lipinski definition) is 1. The van der Waals surface area contributed by atoms with Crippen LogP contribution in [0.3, 0.4) is 0 Å². The van der Waals surface area contributed by atoms with E-state index in [2.05, 4.69) is 10.5 Å². The van der Waals surface area contributed by atoms with Crippen molar-refractivity contribution in [1.29, 1.82) is 0 Å². The molecule has 0 aliphatic carbocycles. The van der Waals surface area contributed by atoms with Crippen molar-refractivity contribution in [3.8, 4) is 22.8 Å². The zero-order valence-corrected chi connectivity index (χ0v) is 14.2. The molecule has 1 N–H and O–H groups in total. The molecule has 0 radical (unpaired) electrons. The first-order valence-electron chi connectivity index (χ1n) is 7.67. The largest absolute Gasteiger partial charge is 0.497 e. The van der Waals surface area contributed by atoms with Gasteiger partial charge in [-0.3, -0.25) is 4.79 Å². The Hall–Kier alpha value is -3.28. The third kappa shape index (κ3) is 3.47. The minimum atomic E-state index is -0.333. The summed E-state index contributed by atoms with van der Waals surface area (Å²) in [5.74, 6) is 1.23. The van der Waals surface area contributed by atoms with Gasteiger partial charge in [-0.05, 0) is 19.1 Å². The Morgan fingerprint density at radius 1 is 1.08 bits per heavy atom. The van der Waals surface area contributed by atoms with E-state index in [4.69, 9.17) is 14.0 Å². The van der Waals surface area contributed by atoms with E-state index in [1.165, 1.54) is 13.3 Å².